The minimum atomic E-state index is -0.333. The van der Waals surface area contributed by atoms with E-state index in [1.54, 1.807) is 18.9 Å². The third-order valence-electron chi connectivity index (χ3n) is 4.73. The summed E-state index contributed by atoms with van der Waals surface area (Å²) in [7, 11) is 3.49. The minimum Gasteiger partial charge on any atom is -0.483 e. The first-order valence-electron chi connectivity index (χ1n) is 9.72. The highest BCUT2D eigenvalue weighted by Gasteiger charge is 2.08. The van der Waals surface area contributed by atoms with E-state index >= 15 is 0 Å². The monoisotopic (exact) mass is 430 g/mol. The van der Waals surface area contributed by atoms with Crippen LogP contribution < -0.4 is 15.2 Å². The Morgan fingerprint density at radius 3 is 2.83 bits per heavy atom. The number of nitrogens with one attached hydrogen (secondary N) is 1. The molecular weight excluding hydrogens is 403 g/mol. The third kappa shape index (κ3) is 6.43. The molecule has 1 fully saturated rings. The van der Waals surface area contributed by atoms with Crippen molar-refractivity contribution >= 4 is 17.4 Å². The summed E-state index contributed by atoms with van der Waals surface area (Å²) in [5, 5.41) is 0. The SMILES string of the molecule is C=C(OC)N(C)c1cccc(CSc2cc(F)cc(ONC=C3CCOCC3)c2)c1. The van der Waals surface area contributed by atoms with Crippen LogP contribution in [0.4, 0.5) is 10.1 Å². The summed E-state index contributed by atoms with van der Waals surface area (Å²) in [6, 6.07) is 12.8. The van der Waals surface area contributed by atoms with Crippen LogP contribution in [0.3, 0.4) is 0 Å². The Kier molecular flexibility index (Phi) is 8.04. The first-order valence-corrected chi connectivity index (χ1v) is 10.7. The topological polar surface area (TPSA) is 43.0 Å². The summed E-state index contributed by atoms with van der Waals surface area (Å²) in [5.74, 6) is 1.36. The van der Waals surface area contributed by atoms with E-state index < -0.39 is 0 Å². The largest absolute Gasteiger partial charge is 0.483 e. The highest BCUT2D eigenvalue weighted by molar-refractivity contribution is 7.98. The molecular formula is C23H27FN2O3S. The van der Waals surface area contributed by atoms with E-state index in [1.807, 2.05) is 42.4 Å². The van der Waals surface area contributed by atoms with E-state index in [-0.39, 0.29) is 5.82 Å². The minimum absolute atomic E-state index is 0.333. The molecule has 1 aliphatic rings. The molecule has 1 N–H and O–H groups in total. The van der Waals surface area contributed by atoms with Crippen LogP contribution in [0.2, 0.25) is 0 Å². The van der Waals surface area contributed by atoms with E-state index in [2.05, 4.69) is 18.1 Å². The number of nitrogens with zero attached hydrogens (tertiary/aromatic N) is 1. The van der Waals surface area contributed by atoms with Crippen molar-refractivity contribution in [1.82, 2.24) is 5.48 Å². The molecule has 0 atom stereocenters. The summed E-state index contributed by atoms with van der Waals surface area (Å²) < 4.78 is 24.6. The summed E-state index contributed by atoms with van der Waals surface area (Å²) >= 11 is 1.55. The number of halogens is 1. The van der Waals surface area contributed by atoms with Crippen LogP contribution in [0, 0.1) is 5.82 Å². The number of anilines is 1. The lowest BCUT2D eigenvalue weighted by Crippen LogP contribution is -2.16. The van der Waals surface area contributed by atoms with Gasteiger partial charge in [-0.25, -0.2) is 9.87 Å². The molecule has 0 aromatic heterocycles. The van der Waals surface area contributed by atoms with Gasteiger partial charge in [0, 0.05) is 35.6 Å². The molecule has 0 spiro atoms. The molecule has 5 nitrogen and oxygen atoms in total. The standard InChI is InChI=1S/C23H27FN2O3S/c1-17(27-3)26(2)21-6-4-5-19(11-21)16-30-23-13-20(24)12-22(14-23)29-25-15-18-7-9-28-10-8-18/h4-6,11-15,25H,1,7-10,16H2,2-3H3. The maximum absolute atomic E-state index is 14.0. The lowest BCUT2D eigenvalue weighted by atomic mass is 10.1. The van der Waals surface area contributed by atoms with Gasteiger partial charge in [0.1, 0.15) is 5.82 Å². The third-order valence-corrected chi connectivity index (χ3v) is 5.78. The van der Waals surface area contributed by atoms with Crippen molar-refractivity contribution in [1.29, 1.82) is 0 Å². The molecule has 1 aliphatic heterocycles. The van der Waals surface area contributed by atoms with Crippen molar-refractivity contribution in [2.24, 2.45) is 0 Å². The Morgan fingerprint density at radius 1 is 1.27 bits per heavy atom. The van der Waals surface area contributed by atoms with Crippen LogP contribution in [0.25, 0.3) is 0 Å². The van der Waals surface area contributed by atoms with Crippen molar-refractivity contribution in [2.75, 3.05) is 32.3 Å². The smallest absolute Gasteiger partial charge is 0.185 e. The molecule has 0 aliphatic carbocycles. The second-order valence-corrected chi connectivity index (χ2v) is 7.92. The second-order valence-electron chi connectivity index (χ2n) is 6.87. The molecule has 1 heterocycles. The van der Waals surface area contributed by atoms with Crippen molar-refractivity contribution in [3.63, 3.8) is 0 Å². The van der Waals surface area contributed by atoms with Crippen molar-refractivity contribution in [3.8, 4) is 5.75 Å². The van der Waals surface area contributed by atoms with Gasteiger partial charge in [-0.3, -0.25) is 0 Å². The van der Waals surface area contributed by atoms with Crippen LogP contribution in [-0.2, 0) is 15.2 Å². The normalized spacial score (nSPS) is 13.5. The van der Waals surface area contributed by atoms with Gasteiger partial charge in [0.25, 0.3) is 0 Å². The predicted molar refractivity (Wildman–Crippen MR) is 119 cm³/mol. The Morgan fingerprint density at radius 2 is 2.07 bits per heavy atom. The maximum Gasteiger partial charge on any atom is 0.185 e. The Labute approximate surface area is 181 Å². The molecule has 2 aromatic carbocycles. The number of benzene rings is 2. The van der Waals surface area contributed by atoms with Crippen molar-refractivity contribution < 1.29 is 18.7 Å². The lowest BCUT2D eigenvalue weighted by Gasteiger charge is -2.20. The fourth-order valence-corrected chi connectivity index (χ4v) is 3.85. The number of hydrogen-bond donors (Lipinski definition) is 1. The first kappa shape index (κ1) is 22.1. The molecule has 0 radical (unpaired) electrons. The van der Waals surface area contributed by atoms with E-state index in [0.717, 1.165) is 42.2 Å². The zero-order valence-corrected chi connectivity index (χ0v) is 18.1. The Hall–Kier alpha value is -2.64. The quantitative estimate of drug-likeness (QED) is 0.333. The van der Waals surface area contributed by atoms with E-state index in [9.17, 15) is 4.39 Å². The lowest BCUT2D eigenvalue weighted by molar-refractivity contribution is 0.117. The van der Waals surface area contributed by atoms with Crippen LogP contribution in [0.15, 0.2) is 71.6 Å². The zero-order valence-electron chi connectivity index (χ0n) is 17.3. The van der Waals surface area contributed by atoms with Gasteiger partial charge in [0.15, 0.2) is 11.6 Å². The van der Waals surface area contributed by atoms with Crippen LogP contribution in [0.5, 0.6) is 5.75 Å². The summed E-state index contributed by atoms with van der Waals surface area (Å²) in [6.45, 7) is 5.33. The van der Waals surface area contributed by atoms with Crippen molar-refractivity contribution in [3.05, 3.63) is 78.1 Å². The number of rotatable bonds is 9. The van der Waals surface area contributed by atoms with E-state index in [1.165, 1.54) is 17.7 Å². The molecule has 1 saturated heterocycles. The van der Waals surface area contributed by atoms with Gasteiger partial charge >= 0.3 is 0 Å². The molecule has 160 valence electrons. The predicted octanol–water partition coefficient (Wildman–Crippen LogP) is 5.25. The van der Waals surface area contributed by atoms with Gasteiger partial charge in [-0.1, -0.05) is 12.1 Å². The van der Waals surface area contributed by atoms with Crippen LogP contribution >= 0.6 is 11.8 Å². The van der Waals surface area contributed by atoms with Gasteiger partial charge in [-0.15, -0.1) is 11.8 Å². The van der Waals surface area contributed by atoms with E-state index in [4.69, 9.17) is 14.3 Å². The fraction of sp³-hybridized carbons (Fsp3) is 0.304. The Bertz CT molecular complexity index is 896. The molecule has 0 amide bonds. The van der Waals surface area contributed by atoms with E-state index in [0.29, 0.717) is 17.4 Å². The molecule has 3 rings (SSSR count). The summed E-state index contributed by atoms with van der Waals surface area (Å²) in [4.78, 5) is 8.19. The average molecular weight is 431 g/mol. The van der Waals surface area contributed by atoms with Crippen LogP contribution in [-0.4, -0.2) is 27.4 Å². The van der Waals surface area contributed by atoms with Gasteiger partial charge in [-0.2, -0.15) is 0 Å². The summed E-state index contributed by atoms with van der Waals surface area (Å²) in [6.07, 6.45) is 3.59. The highest BCUT2D eigenvalue weighted by atomic mass is 32.2. The average Bonchev–Trinajstić information content (AvgIpc) is 2.77. The molecule has 0 saturated carbocycles. The number of methoxy groups -OCH3 is 1. The molecule has 7 heteroatoms. The van der Waals surface area contributed by atoms with Gasteiger partial charge in [0.05, 0.1) is 20.3 Å². The van der Waals surface area contributed by atoms with Gasteiger partial charge in [0.2, 0.25) is 0 Å². The highest BCUT2D eigenvalue weighted by Crippen LogP contribution is 2.29. The number of ether oxygens (including phenoxy) is 2. The first-order chi connectivity index (χ1) is 14.5. The van der Waals surface area contributed by atoms with Crippen LogP contribution in [0.1, 0.15) is 18.4 Å². The maximum atomic E-state index is 14.0. The zero-order chi connectivity index (χ0) is 21.3. The molecule has 0 bridgehead atoms. The number of hydrogen-bond acceptors (Lipinski definition) is 6. The second kappa shape index (κ2) is 10.9. The molecule has 0 unspecified atom stereocenters. The van der Waals surface area contributed by atoms with Gasteiger partial charge < -0.3 is 19.2 Å². The number of thioether (sulfide) groups is 1. The molecule has 30 heavy (non-hydrogen) atoms. The van der Waals surface area contributed by atoms with Crippen molar-refractivity contribution in [2.45, 2.75) is 23.5 Å². The Balaban J connectivity index is 1.59. The molecule has 2 aromatic rings. The fourth-order valence-electron chi connectivity index (χ4n) is 2.94. The number of hydroxylamine groups is 1. The van der Waals surface area contributed by atoms with Gasteiger partial charge in [-0.05, 0) is 54.8 Å². The summed E-state index contributed by atoms with van der Waals surface area (Å²) in [5.41, 5.74) is 6.14.